The van der Waals surface area contributed by atoms with Crippen molar-refractivity contribution in [3.63, 3.8) is 0 Å². The maximum absolute atomic E-state index is 3.75. The molecule has 110 valence electrons. The summed E-state index contributed by atoms with van der Waals surface area (Å²) in [6.07, 6.45) is 0.152. The third-order valence-corrected chi connectivity index (χ3v) is 5.15. The normalized spacial score (nSPS) is 20.2. The summed E-state index contributed by atoms with van der Waals surface area (Å²) < 4.78 is 0. The lowest BCUT2D eigenvalue weighted by Crippen LogP contribution is -2.36. The molecule has 0 aliphatic carbocycles. The Kier molecular flexibility index (Phi) is 3.45. The number of rotatable bonds is 2. The van der Waals surface area contributed by atoms with Gasteiger partial charge in [-0.2, -0.15) is 0 Å². The molecule has 2 nitrogen and oxygen atoms in total. The number of fused-ring (bicyclic) bond motifs is 1. The average Bonchev–Trinajstić information content (AvgIpc) is 3.01. The van der Waals surface area contributed by atoms with Crippen LogP contribution in [-0.2, 0) is 0 Å². The molecule has 2 heterocycles. The second kappa shape index (κ2) is 5.59. The highest BCUT2D eigenvalue weighted by Crippen LogP contribution is 2.37. The molecule has 0 spiro atoms. The smallest absolute Gasteiger partial charge is 0.113 e. The fraction of sp³-hybridized carbons (Fsp3) is 0.158. The Morgan fingerprint density at radius 1 is 0.864 bits per heavy atom. The highest BCUT2D eigenvalue weighted by Gasteiger charge is 2.27. The number of hydrogen-bond acceptors (Lipinski definition) is 3. The van der Waals surface area contributed by atoms with E-state index in [-0.39, 0.29) is 12.2 Å². The molecule has 1 aliphatic rings. The van der Waals surface area contributed by atoms with E-state index in [0.29, 0.717) is 0 Å². The van der Waals surface area contributed by atoms with Crippen molar-refractivity contribution in [3.8, 4) is 0 Å². The molecule has 0 radical (unpaired) electrons. The molecule has 1 aliphatic heterocycles. The number of hydrogen-bond donors (Lipinski definition) is 2. The summed E-state index contributed by atoms with van der Waals surface area (Å²) >= 11 is 1.84. The molecule has 0 saturated heterocycles. The molecule has 2 aromatic carbocycles. The molecule has 0 amide bonds. The second-order valence-corrected chi connectivity index (χ2v) is 6.94. The van der Waals surface area contributed by atoms with Gasteiger partial charge in [0.1, 0.15) is 6.17 Å². The molecule has 1 aromatic heterocycles. The van der Waals surface area contributed by atoms with Gasteiger partial charge < -0.3 is 5.32 Å². The van der Waals surface area contributed by atoms with Crippen LogP contribution in [0.4, 0.5) is 5.69 Å². The molecule has 0 unspecified atom stereocenters. The van der Waals surface area contributed by atoms with E-state index in [9.17, 15) is 0 Å². The van der Waals surface area contributed by atoms with Gasteiger partial charge in [0, 0.05) is 15.4 Å². The minimum absolute atomic E-state index is 0.152. The summed E-state index contributed by atoms with van der Waals surface area (Å²) in [5, 5.41) is 7.38. The van der Waals surface area contributed by atoms with Crippen LogP contribution in [-0.4, -0.2) is 0 Å². The first kappa shape index (κ1) is 13.6. The lowest BCUT2D eigenvalue weighted by molar-refractivity contribution is 0.512. The minimum atomic E-state index is 0.152. The zero-order chi connectivity index (χ0) is 14.9. The quantitative estimate of drug-likeness (QED) is 0.706. The maximum Gasteiger partial charge on any atom is 0.113 e. The zero-order valence-corrected chi connectivity index (χ0v) is 13.2. The minimum Gasteiger partial charge on any atom is -0.365 e. The predicted molar refractivity (Wildman–Crippen MR) is 93.3 cm³/mol. The Morgan fingerprint density at radius 2 is 1.64 bits per heavy atom. The largest absolute Gasteiger partial charge is 0.365 e. The predicted octanol–water partition coefficient (Wildman–Crippen LogP) is 4.86. The van der Waals surface area contributed by atoms with Crippen molar-refractivity contribution in [1.82, 2.24) is 5.32 Å². The SMILES string of the molecule is Cc1ccc([C@H]2Nc3ccccc3[C@H](c3ccccc3)N2)s1. The van der Waals surface area contributed by atoms with Gasteiger partial charge in [-0.3, -0.25) is 5.32 Å². The van der Waals surface area contributed by atoms with Crippen LogP contribution >= 0.6 is 11.3 Å². The van der Waals surface area contributed by atoms with Gasteiger partial charge in [-0.05, 0) is 36.2 Å². The first-order chi connectivity index (χ1) is 10.8. The number of para-hydroxylation sites is 1. The lowest BCUT2D eigenvalue weighted by Gasteiger charge is -2.34. The van der Waals surface area contributed by atoms with Crippen LogP contribution in [0.2, 0.25) is 0 Å². The van der Waals surface area contributed by atoms with Crippen LogP contribution in [0.3, 0.4) is 0 Å². The Hall–Kier alpha value is -2.10. The Labute approximate surface area is 134 Å². The van der Waals surface area contributed by atoms with E-state index < -0.39 is 0 Å². The van der Waals surface area contributed by atoms with Crippen LogP contribution in [0.1, 0.15) is 33.1 Å². The maximum atomic E-state index is 3.75. The van der Waals surface area contributed by atoms with Crippen LogP contribution in [0, 0.1) is 6.92 Å². The number of anilines is 1. The number of aryl methyl sites for hydroxylation is 1. The molecule has 0 fully saturated rings. The number of nitrogens with one attached hydrogen (secondary N) is 2. The first-order valence-corrected chi connectivity index (χ1v) is 8.36. The summed E-state index contributed by atoms with van der Waals surface area (Å²) in [5.74, 6) is 0. The molecule has 4 rings (SSSR count). The first-order valence-electron chi connectivity index (χ1n) is 7.54. The highest BCUT2D eigenvalue weighted by molar-refractivity contribution is 7.12. The molecule has 0 bridgehead atoms. The second-order valence-electron chi connectivity index (χ2n) is 5.62. The van der Waals surface area contributed by atoms with Crippen molar-refractivity contribution in [2.24, 2.45) is 0 Å². The third-order valence-electron chi connectivity index (χ3n) is 4.08. The molecule has 22 heavy (non-hydrogen) atoms. The Morgan fingerprint density at radius 3 is 2.41 bits per heavy atom. The summed E-state index contributed by atoms with van der Waals surface area (Å²) in [5.41, 5.74) is 3.82. The molecule has 2 N–H and O–H groups in total. The summed E-state index contributed by atoms with van der Waals surface area (Å²) in [6, 6.07) is 23.8. The topological polar surface area (TPSA) is 24.1 Å². The van der Waals surface area contributed by atoms with Crippen LogP contribution < -0.4 is 10.6 Å². The average molecular weight is 306 g/mol. The van der Waals surface area contributed by atoms with Gasteiger partial charge in [0.05, 0.1) is 6.04 Å². The summed E-state index contributed by atoms with van der Waals surface area (Å²) in [7, 11) is 0. The molecule has 2 atom stereocenters. The van der Waals surface area contributed by atoms with Crippen molar-refractivity contribution in [1.29, 1.82) is 0 Å². The van der Waals surface area contributed by atoms with Crippen molar-refractivity contribution in [3.05, 3.63) is 87.6 Å². The summed E-state index contributed by atoms with van der Waals surface area (Å²) in [4.78, 5) is 2.67. The highest BCUT2D eigenvalue weighted by atomic mass is 32.1. The van der Waals surface area contributed by atoms with E-state index in [1.165, 1.54) is 26.6 Å². The van der Waals surface area contributed by atoms with Gasteiger partial charge in [0.25, 0.3) is 0 Å². The van der Waals surface area contributed by atoms with E-state index >= 15 is 0 Å². The van der Waals surface area contributed by atoms with Crippen LogP contribution in [0.5, 0.6) is 0 Å². The van der Waals surface area contributed by atoms with Crippen LogP contribution in [0.15, 0.2) is 66.7 Å². The van der Waals surface area contributed by atoms with Crippen molar-refractivity contribution in [2.45, 2.75) is 19.1 Å². The van der Waals surface area contributed by atoms with E-state index in [4.69, 9.17) is 0 Å². The van der Waals surface area contributed by atoms with Gasteiger partial charge in [0.15, 0.2) is 0 Å². The van der Waals surface area contributed by atoms with Gasteiger partial charge in [-0.15, -0.1) is 11.3 Å². The number of benzene rings is 2. The fourth-order valence-corrected chi connectivity index (χ4v) is 3.91. The van der Waals surface area contributed by atoms with E-state index in [0.717, 1.165) is 0 Å². The van der Waals surface area contributed by atoms with Gasteiger partial charge >= 0.3 is 0 Å². The van der Waals surface area contributed by atoms with Gasteiger partial charge in [-0.25, -0.2) is 0 Å². The molecule has 0 saturated carbocycles. The zero-order valence-electron chi connectivity index (χ0n) is 12.4. The molecular weight excluding hydrogens is 288 g/mol. The van der Waals surface area contributed by atoms with Gasteiger partial charge in [-0.1, -0.05) is 48.5 Å². The van der Waals surface area contributed by atoms with Crippen molar-refractivity contribution < 1.29 is 0 Å². The van der Waals surface area contributed by atoms with Crippen molar-refractivity contribution >= 4 is 17.0 Å². The monoisotopic (exact) mass is 306 g/mol. The van der Waals surface area contributed by atoms with Crippen molar-refractivity contribution in [2.75, 3.05) is 5.32 Å². The van der Waals surface area contributed by atoms with Crippen LogP contribution in [0.25, 0.3) is 0 Å². The Bertz CT molecular complexity index is 779. The van der Waals surface area contributed by atoms with E-state index in [2.05, 4.69) is 84.3 Å². The molecule has 3 aromatic rings. The van der Waals surface area contributed by atoms with E-state index in [1.54, 1.807) is 0 Å². The molecule has 3 heteroatoms. The Balaban J connectivity index is 1.77. The van der Waals surface area contributed by atoms with E-state index in [1.807, 2.05) is 11.3 Å². The molecular formula is C19H18N2S. The third kappa shape index (κ3) is 2.43. The van der Waals surface area contributed by atoms with Gasteiger partial charge in [0.2, 0.25) is 0 Å². The lowest BCUT2D eigenvalue weighted by atomic mass is 9.94. The fourth-order valence-electron chi connectivity index (χ4n) is 3.02. The standard InChI is InChI=1S/C19H18N2S/c1-13-11-12-17(22-13)19-20-16-10-6-5-9-15(16)18(21-19)14-7-3-2-4-8-14/h2-12,18-21H,1H3/t18-,19-/m0/s1. The summed E-state index contributed by atoms with van der Waals surface area (Å²) in [6.45, 7) is 2.15. The number of thiophene rings is 1.